The normalized spacial score (nSPS) is 14.2. The maximum atomic E-state index is 11.7. The summed E-state index contributed by atoms with van der Waals surface area (Å²) in [4.78, 5) is 28.3. The summed E-state index contributed by atoms with van der Waals surface area (Å²) in [5, 5.41) is 6.77. The number of anilines is 3. The van der Waals surface area contributed by atoms with Crippen molar-refractivity contribution in [2.24, 2.45) is 0 Å². The summed E-state index contributed by atoms with van der Waals surface area (Å²) in [6, 6.07) is 6.08. The van der Waals surface area contributed by atoms with Crippen molar-refractivity contribution >= 4 is 40.1 Å². The van der Waals surface area contributed by atoms with Crippen molar-refractivity contribution in [3.8, 4) is 10.4 Å². The summed E-state index contributed by atoms with van der Waals surface area (Å²) < 4.78 is 10.7. The second-order valence-electron chi connectivity index (χ2n) is 8.95. The van der Waals surface area contributed by atoms with Gasteiger partial charge >= 0.3 is 6.09 Å². The molecule has 4 rings (SSSR count). The molecule has 9 nitrogen and oxygen atoms in total. The molecule has 2 N–H and O–H groups in total. The number of morpholine rings is 1. The van der Waals surface area contributed by atoms with Crippen LogP contribution in [0.15, 0.2) is 49.1 Å². The van der Waals surface area contributed by atoms with Gasteiger partial charge in [-0.3, -0.25) is 4.98 Å². The standard InChI is InChI=1S/C25H30N6O3S/c1-25(2,3)34-24(32)28-7-4-5-18-13-19(16-26-15-18)21-17-29-23(35-21)30-22-14-20(6-8-27-22)31-9-11-33-12-10-31/h4-6,8,13-17H,7,9-12H2,1-3H3,(H,28,32)(H,27,29,30)/b5-4+. The Morgan fingerprint density at radius 3 is 2.83 bits per heavy atom. The van der Waals surface area contributed by atoms with E-state index in [-0.39, 0.29) is 0 Å². The fourth-order valence-corrected chi connectivity index (χ4v) is 4.22. The van der Waals surface area contributed by atoms with Gasteiger partial charge in [0.15, 0.2) is 5.13 Å². The molecule has 3 aromatic rings. The van der Waals surface area contributed by atoms with Gasteiger partial charge in [-0.05, 0) is 38.5 Å². The highest BCUT2D eigenvalue weighted by molar-refractivity contribution is 7.18. The predicted octanol–water partition coefficient (Wildman–Crippen LogP) is 4.72. The zero-order chi connectivity index (χ0) is 24.7. The average Bonchev–Trinajstić information content (AvgIpc) is 3.30. The Morgan fingerprint density at radius 1 is 1.20 bits per heavy atom. The van der Waals surface area contributed by atoms with Gasteiger partial charge in [-0.1, -0.05) is 23.5 Å². The first-order valence-electron chi connectivity index (χ1n) is 11.5. The summed E-state index contributed by atoms with van der Waals surface area (Å²) >= 11 is 1.53. The molecular formula is C25H30N6O3S. The number of hydrogen-bond donors (Lipinski definition) is 2. The number of ether oxygens (including phenoxy) is 2. The molecule has 1 saturated heterocycles. The number of carbonyl (C=O) groups excluding carboxylic acids is 1. The number of amides is 1. The highest BCUT2D eigenvalue weighted by Gasteiger charge is 2.15. The van der Waals surface area contributed by atoms with Crippen LogP contribution in [0.2, 0.25) is 0 Å². The molecule has 0 bridgehead atoms. The van der Waals surface area contributed by atoms with Crippen LogP contribution in [0.1, 0.15) is 26.3 Å². The highest BCUT2D eigenvalue weighted by atomic mass is 32.1. The molecule has 184 valence electrons. The maximum Gasteiger partial charge on any atom is 0.407 e. The van der Waals surface area contributed by atoms with Gasteiger partial charge in [0.25, 0.3) is 0 Å². The Balaban J connectivity index is 1.36. The van der Waals surface area contributed by atoms with Gasteiger partial charge in [0.05, 0.1) is 18.1 Å². The number of nitrogens with one attached hydrogen (secondary N) is 2. The summed E-state index contributed by atoms with van der Waals surface area (Å²) in [6.45, 7) is 9.09. The second-order valence-corrected chi connectivity index (χ2v) is 9.98. The van der Waals surface area contributed by atoms with Crippen LogP contribution < -0.4 is 15.5 Å². The van der Waals surface area contributed by atoms with Crippen LogP contribution in [-0.4, -0.2) is 59.5 Å². The first kappa shape index (κ1) is 24.6. The number of nitrogens with zero attached hydrogens (tertiary/aromatic N) is 4. The minimum Gasteiger partial charge on any atom is -0.444 e. The molecule has 4 heterocycles. The molecule has 0 unspecified atom stereocenters. The zero-order valence-corrected chi connectivity index (χ0v) is 21.0. The van der Waals surface area contributed by atoms with Gasteiger partial charge in [-0.2, -0.15) is 0 Å². The van der Waals surface area contributed by atoms with E-state index in [1.807, 2.05) is 63.5 Å². The first-order chi connectivity index (χ1) is 16.9. The molecule has 10 heteroatoms. The van der Waals surface area contributed by atoms with Crippen LogP contribution in [0.4, 0.5) is 21.4 Å². The molecule has 0 spiro atoms. The third kappa shape index (κ3) is 7.49. The first-order valence-corrected chi connectivity index (χ1v) is 12.3. The van der Waals surface area contributed by atoms with Crippen LogP contribution in [0, 0.1) is 0 Å². The highest BCUT2D eigenvalue weighted by Crippen LogP contribution is 2.31. The lowest BCUT2D eigenvalue weighted by Crippen LogP contribution is -2.36. The summed E-state index contributed by atoms with van der Waals surface area (Å²) in [5.74, 6) is 0.752. The predicted molar refractivity (Wildman–Crippen MR) is 139 cm³/mol. The number of pyridine rings is 2. The molecule has 1 aliphatic heterocycles. The lowest BCUT2D eigenvalue weighted by molar-refractivity contribution is 0.0534. The van der Waals surface area contributed by atoms with Gasteiger partial charge < -0.3 is 25.0 Å². The minimum atomic E-state index is -0.518. The Hall–Kier alpha value is -3.50. The lowest BCUT2D eigenvalue weighted by atomic mass is 10.2. The van der Waals surface area contributed by atoms with Gasteiger partial charge in [-0.15, -0.1) is 0 Å². The van der Waals surface area contributed by atoms with E-state index in [0.717, 1.165) is 58.9 Å². The molecule has 0 saturated carbocycles. The topological polar surface area (TPSA) is 102 Å². The van der Waals surface area contributed by atoms with E-state index in [4.69, 9.17) is 9.47 Å². The summed E-state index contributed by atoms with van der Waals surface area (Å²) in [5.41, 5.74) is 2.49. The molecule has 1 aliphatic rings. The number of thiazole rings is 1. The largest absolute Gasteiger partial charge is 0.444 e. The number of hydrogen-bond acceptors (Lipinski definition) is 9. The van der Waals surface area contributed by atoms with E-state index in [9.17, 15) is 4.79 Å². The van der Waals surface area contributed by atoms with E-state index in [0.29, 0.717) is 6.54 Å². The minimum absolute atomic E-state index is 0.365. The van der Waals surface area contributed by atoms with Crippen molar-refractivity contribution in [1.82, 2.24) is 20.3 Å². The van der Waals surface area contributed by atoms with Gasteiger partial charge in [0, 0.05) is 61.7 Å². The van der Waals surface area contributed by atoms with E-state index >= 15 is 0 Å². The Labute approximate surface area is 209 Å². The van der Waals surface area contributed by atoms with Gasteiger partial charge in [0.1, 0.15) is 11.4 Å². The number of aromatic nitrogens is 3. The SMILES string of the molecule is CC(C)(C)OC(=O)NC/C=C/c1cncc(-c2cnc(Nc3cc(N4CCOCC4)ccn3)s2)c1. The third-order valence-electron chi connectivity index (χ3n) is 4.98. The number of carbonyl (C=O) groups is 1. The van der Waals surface area contributed by atoms with Gasteiger partial charge in [-0.25, -0.2) is 14.8 Å². The molecule has 1 amide bonds. The fourth-order valence-electron chi connectivity index (χ4n) is 3.42. The van der Waals surface area contributed by atoms with Crippen LogP contribution >= 0.6 is 11.3 Å². The van der Waals surface area contributed by atoms with Gasteiger partial charge in [0.2, 0.25) is 0 Å². The number of rotatable bonds is 7. The van der Waals surface area contributed by atoms with Crippen LogP contribution in [-0.2, 0) is 9.47 Å². The smallest absolute Gasteiger partial charge is 0.407 e. The Morgan fingerprint density at radius 2 is 2.03 bits per heavy atom. The molecule has 1 fully saturated rings. The molecular weight excluding hydrogens is 464 g/mol. The van der Waals surface area contributed by atoms with Crippen molar-refractivity contribution in [2.45, 2.75) is 26.4 Å². The molecule has 0 radical (unpaired) electrons. The van der Waals surface area contributed by atoms with Crippen molar-refractivity contribution in [2.75, 3.05) is 43.1 Å². The van der Waals surface area contributed by atoms with Crippen molar-refractivity contribution in [3.63, 3.8) is 0 Å². The molecule has 3 aromatic heterocycles. The van der Waals surface area contributed by atoms with Crippen molar-refractivity contribution in [1.29, 1.82) is 0 Å². The van der Waals surface area contributed by atoms with Crippen LogP contribution in [0.25, 0.3) is 16.5 Å². The van der Waals surface area contributed by atoms with E-state index in [1.54, 1.807) is 12.4 Å². The fraction of sp³-hybridized carbons (Fsp3) is 0.360. The summed E-state index contributed by atoms with van der Waals surface area (Å²) in [7, 11) is 0. The van der Waals surface area contributed by atoms with E-state index < -0.39 is 11.7 Å². The van der Waals surface area contributed by atoms with Crippen LogP contribution in [0.3, 0.4) is 0 Å². The monoisotopic (exact) mass is 494 g/mol. The lowest BCUT2D eigenvalue weighted by Gasteiger charge is -2.28. The average molecular weight is 495 g/mol. The molecule has 0 aliphatic carbocycles. The number of alkyl carbamates (subject to hydrolysis) is 1. The molecule has 0 aromatic carbocycles. The summed E-state index contributed by atoms with van der Waals surface area (Å²) in [6.07, 6.45) is 10.5. The zero-order valence-electron chi connectivity index (χ0n) is 20.2. The van der Waals surface area contributed by atoms with E-state index in [2.05, 4.69) is 30.5 Å². The van der Waals surface area contributed by atoms with Crippen LogP contribution in [0.5, 0.6) is 0 Å². The van der Waals surface area contributed by atoms with Crippen molar-refractivity contribution in [3.05, 3.63) is 54.6 Å². The second kappa shape index (κ2) is 11.3. The molecule has 0 atom stereocenters. The maximum absolute atomic E-state index is 11.7. The quantitative estimate of drug-likeness (QED) is 0.487. The Bertz CT molecular complexity index is 1170. The van der Waals surface area contributed by atoms with E-state index in [1.165, 1.54) is 11.3 Å². The molecule has 35 heavy (non-hydrogen) atoms. The van der Waals surface area contributed by atoms with Crippen molar-refractivity contribution < 1.29 is 14.3 Å². The third-order valence-corrected chi connectivity index (χ3v) is 5.94. The Kier molecular flexibility index (Phi) is 7.94.